The van der Waals surface area contributed by atoms with E-state index in [4.69, 9.17) is 5.73 Å². The highest BCUT2D eigenvalue weighted by Crippen LogP contribution is 2.38. The van der Waals surface area contributed by atoms with E-state index >= 15 is 0 Å². The van der Waals surface area contributed by atoms with Gasteiger partial charge < -0.3 is 10.7 Å². The predicted octanol–water partition coefficient (Wildman–Crippen LogP) is 6.37. The van der Waals surface area contributed by atoms with Crippen LogP contribution in [-0.2, 0) is 0 Å². The standard InChI is InChI=1S/C27H22N2O/c1-16-11-12-25-22(13-16)23-14-18(15-24(27(28)30)26(23)29-25)20-9-5-6-10-21(20)19-8-4-3-7-17(19)2/h3-15,29H,1-2H3,(H2,28,30). The molecule has 146 valence electrons. The number of carbonyl (C=O) groups is 1. The van der Waals surface area contributed by atoms with Crippen LogP contribution in [0.15, 0.2) is 78.9 Å². The number of aromatic amines is 1. The average Bonchev–Trinajstić information content (AvgIpc) is 3.11. The molecular weight excluding hydrogens is 368 g/mol. The first-order valence-corrected chi connectivity index (χ1v) is 10.0. The number of fused-ring (bicyclic) bond motifs is 3. The summed E-state index contributed by atoms with van der Waals surface area (Å²) in [6.45, 7) is 4.19. The number of carbonyl (C=O) groups excluding carboxylic acids is 1. The molecule has 1 aromatic heterocycles. The Morgan fingerprint density at radius 3 is 2.20 bits per heavy atom. The number of hydrogen-bond acceptors (Lipinski definition) is 1. The van der Waals surface area contributed by atoms with Gasteiger partial charge >= 0.3 is 0 Å². The molecule has 0 spiro atoms. The van der Waals surface area contributed by atoms with Gasteiger partial charge in [0.25, 0.3) is 5.91 Å². The SMILES string of the molecule is Cc1ccc2[nH]c3c(C(N)=O)cc(-c4ccccc4-c4ccccc4C)cc3c2c1. The molecule has 3 nitrogen and oxygen atoms in total. The summed E-state index contributed by atoms with van der Waals surface area (Å²) in [5.41, 5.74) is 14.9. The van der Waals surface area contributed by atoms with Gasteiger partial charge in [-0.05, 0) is 65.9 Å². The quantitative estimate of drug-likeness (QED) is 0.369. The van der Waals surface area contributed by atoms with E-state index in [1.807, 2.05) is 24.3 Å². The van der Waals surface area contributed by atoms with Crippen LogP contribution >= 0.6 is 0 Å². The van der Waals surface area contributed by atoms with Crippen molar-refractivity contribution in [3.8, 4) is 22.3 Å². The Balaban J connectivity index is 1.85. The fourth-order valence-corrected chi connectivity index (χ4v) is 4.31. The zero-order valence-electron chi connectivity index (χ0n) is 17.0. The molecule has 30 heavy (non-hydrogen) atoms. The van der Waals surface area contributed by atoms with Crippen LogP contribution in [0.1, 0.15) is 21.5 Å². The van der Waals surface area contributed by atoms with Gasteiger partial charge in [-0.25, -0.2) is 0 Å². The summed E-state index contributed by atoms with van der Waals surface area (Å²) in [7, 11) is 0. The minimum Gasteiger partial charge on any atom is -0.366 e. The highest BCUT2D eigenvalue weighted by molar-refractivity contribution is 6.16. The van der Waals surface area contributed by atoms with Crippen molar-refractivity contribution in [2.75, 3.05) is 0 Å². The Kier molecular flexibility index (Phi) is 4.18. The molecule has 0 aliphatic heterocycles. The highest BCUT2D eigenvalue weighted by atomic mass is 16.1. The second-order valence-corrected chi connectivity index (χ2v) is 7.85. The normalized spacial score (nSPS) is 11.3. The van der Waals surface area contributed by atoms with Gasteiger partial charge in [0.05, 0.1) is 11.1 Å². The Labute approximate surface area is 175 Å². The molecule has 0 radical (unpaired) electrons. The van der Waals surface area contributed by atoms with Crippen LogP contribution in [0.4, 0.5) is 0 Å². The minimum absolute atomic E-state index is 0.432. The molecule has 3 N–H and O–H groups in total. The third-order valence-electron chi connectivity index (χ3n) is 5.80. The van der Waals surface area contributed by atoms with Gasteiger partial charge in [-0.3, -0.25) is 4.79 Å². The molecule has 4 aromatic carbocycles. The molecule has 1 amide bonds. The van der Waals surface area contributed by atoms with Crippen molar-refractivity contribution in [3.63, 3.8) is 0 Å². The number of benzene rings is 4. The molecule has 0 saturated carbocycles. The van der Waals surface area contributed by atoms with E-state index in [-0.39, 0.29) is 0 Å². The maximum Gasteiger partial charge on any atom is 0.250 e. The molecule has 0 unspecified atom stereocenters. The molecular formula is C27H22N2O. The number of aromatic nitrogens is 1. The second kappa shape index (κ2) is 6.89. The molecule has 5 rings (SSSR count). The maximum absolute atomic E-state index is 12.4. The molecule has 0 fully saturated rings. The van der Waals surface area contributed by atoms with E-state index < -0.39 is 5.91 Å². The summed E-state index contributed by atoms with van der Waals surface area (Å²) in [5, 5.41) is 2.11. The number of rotatable bonds is 3. The number of H-pyrrole nitrogens is 1. The van der Waals surface area contributed by atoms with Gasteiger partial charge in [-0.15, -0.1) is 0 Å². The third kappa shape index (κ3) is 2.87. The molecule has 0 atom stereocenters. The van der Waals surface area contributed by atoms with Crippen molar-refractivity contribution < 1.29 is 4.79 Å². The van der Waals surface area contributed by atoms with Crippen molar-refractivity contribution in [3.05, 3.63) is 95.6 Å². The van der Waals surface area contributed by atoms with Crippen molar-refractivity contribution in [1.29, 1.82) is 0 Å². The first-order chi connectivity index (χ1) is 14.5. The first kappa shape index (κ1) is 18.2. The first-order valence-electron chi connectivity index (χ1n) is 10.0. The van der Waals surface area contributed by atoms with E-state index in [1.54, 1.807) is 0 Å². The summed E-state index contributed by atoms with van der Waals surface area (Å²) in [6, 6.07) is 27.0. The molecule has 0 aliphatic rings. The van der Waals surface area contributed by atoms with Gasteiger partial charge in [0.1, 0.15) is 0 Å². The summed E-state index contributed by atoms with van der Waals surface area (Å²) in [4.78, 5) is 15.7. The minimum atomic E-state index is -0.432. The average molecular weight is 390 g/mol. The van der Waals surface area contributed by atoms with E-state index in [0.717, 1.165) is 38.5 Å². The largest absolute Gasteiger partial charge is 0.366 e. The van der Waals surface area contributed by atoms with Crippen LogP contribution < -0.4 is 5.73 Å². The van der Waals surface area contributed by atoms with Crippen LogP contribution in [0.25, 0.3) is 44.1 Å². The second-order valence-electron chi connectivity index (χ2n) is 7.85. The van der Waals surface area contributed by atoms with Gasteiger partial charge in [0.2, 0.25) is 0 Å². The predicted molar refractivity (Wildman–Crippen MR) is 125 cm³/mol. The van der Waals surface area contributed by atoms with Crippen LogP contribution in [0, 0.1) is 13.8 Å². The lowest BCUT2D eigenvalue weighted by atomic mass is 9.90. The Morgan fingerprint density at radius 1 is 0.767 bits per heavy atom. The summed E-state index contributed by atoms with van der Waals surface area (Å²) in [5.74, 6) is -0.432. The Bertz CT molecular complexity index is 1440. The summed E-state index contributed by atoms with van der Waals surface area (Å²) >= 11 is 0. The number of nitrogens with one attached hydrogen (secondary N) is 1. The van der Waals surface area contributed by atoms with Crippen LogP contribution in [0.2, 0.25) is 0 Å². The number of amides is 1. The van der Waals surface area contributed by atoms with E-state index in [9.17, 15) is 4.79 Å². The fourth-order valence-electron chi connectivity index (χ4n) is 4.31. The van der Waals surface area contributed by atoms with Crippen LogP contribution in [-0.4, -0.2) is 10.9 Å². The number of nitrogens with two attached hydrogens (primary N) is 1. The Hall–Kier alpha value is -3.85. The maximum atomic E-state index is 12.4. The lowest BCUT2D eigenvalue weighted by molar-refractivity contribution is 0.100. The van der Waals surface area contributed by atoms with E-state index in [0.29, 0.717) is 5.56 Å². The zero-order valence-corrected chi connectivity index (χ0v) is 17.0. The zero-order chi connectivity index (χ0) is 20.8. The van der Waals surface area contributed by atoms with E-state index in [2.05, 4.69) is 73.4 Å². The monoisotopic (exact) mass is 390 g/mol. The highest BCUT2D eigenvalue weighted by Gasteiger charge is 2.17. The lowest BCUT2D eigenvalue weighted by Gasteiger charge is -2.13. The Morgan fingerprint density at radius 2 is 1.47 bits per heavy atom. The van der Waals surface area contributed by atoms with E-state index in [1.165, 1.54) is 16.7 Å². The molecule has 0 aliphatic carbocycles. The van der Waals surface area contributed by atoms with Crippen molar-refractivity contribution in [2.45, 2.75) is 13.8 Å². The molecule has 0 bridgehead atoms. The summed E-state index contributed by atoms with van der Waals surface area (Å²) < 4.78 is 0. The van der Waals surface area contributed by atoms with Crippen molar-refractivity contribution >= 4 is 27.7 Å². The molecule has 0 saturated heterocycles. The van der Waals surface area contributed by atoms with Gasteiger partial charge in [0.15, 0.2) is 0 Å². The summed E-state index contributed by atoms with van der Waals surface area (Å²) in [6.07, 6.45) is 0. The smallest absolute Gasteiger partial charge is 0.250 e. The number of hydrogen-bond donors (Lipinski definition) is 2. The van der Waals surface area contributed by atoms with Gasteiger partial charge in [-0.2, -0.15) is 0 Å². The lowest BCUT2D eigenvalue weighted by Crippen LogP contribution is -2.11. The van der Waals surface area contributed by atoms with Gasteiger partial charge in [-0.1, -0.05) is 60.2 Å². The fraction of sp³-hybridized carbons (Fsp3) is 0.0741. The topological polar surface area (TPSA) is 58.9 Å². The molecule has 1 heterocycles. The number of aryl methyl sites for hydroxylation is 2. The molecule has 5 aromatic rings. The molecule has 3 heteroatoms. The van der Waals surface area contributed by atoms with Crippen LogP contribution in [0.5, 0.6) is 0 Å². The van der Waals surface area contributed by atoms with Crippen molar-refractivity contribution in [1.82, 2.24) is 4.98 Å². The van der Waals surface area contributed by atoms with Crippen LogP contribution in [0.3, 0.4) is 0 Å². The van der Waals surface area contributed by atoms with Crippen molar-refractivity contribution in [2.24, 2.45) is 5.73 Å². The third-order valence-corrected chi connectivity index (χ3v) is 5.80. The number of primary amides is 1. The van der Waals surface area contributed by atoms with Gasteiger partial charge in [0, 0.05) is 16.3 Å².